The van der Waals surface area contributed by atoms with Crippen molar-refractivity contribution in [3.05, 3.63) is 34.5 Å². The topological polar surface area (TPSA) is 66.0 Å². The summed E-state index contributed by atoms with van der Waals surface area (Å²) in [5, 5.41) is 11.7. The van der Waals surface area contributed by atoms with Crippen LogP contribution in [-0.2, 0) is 0 Å². The van der Waals surface area contributed by atoms with E-state index in [-0.39, 0.29) is 5.76 Å². The molecule has 0 aliphatic carbocycles. The first-order chi connectivity index (χ1) is 7.63. The fourth-order valence-electron chi connectivity index (χ4n) is 1.52. The number of furan rings is 1. The second-order valence-corrected chi connectivity index (χ2v) is 3.70. The third-order valence-corrected chi connectivity index (χ3v) is 2.51. The van der Waals surface area contributed by atoms with E-state index >= 15 is 0 Å². The van der Waals surface area contributed by atoms with Gasteiger partial charge in [0, 0.05) is 16.0 Å². The monoisotopic (exact) mass is 234 g/mol. The van der Waals surface area contributed by atoms with Gasteiger partial charge in [-0.25, -0.2) is 0 Å². The van der Waals surface area contributed by atoms with Crippen LogP contribution in [0.15, 0.2) is 22.6 Å². The van der Waals surface area contributed by atoms with E-state index < -0.39 is 5.91 Å². The first kappa shape index (κ1) is 10.5. The van der Waals surface area contributed by atoms with E-state index in [0.717, 1.165) is 5.39 Å². The summed E-state index contributed by atoms with van der Waals surface area (Å²) in [5.41, 5.74) is 1.25. The smallest absolute Gasteiger partial charge is 0.300 e. The van der Waals surface area contributed by atoms with Gasteiger partial charge in [-0.1, -0.05) is 11.6 Å². The van der Waals surface area contributed by atoms with Crippen molar-refractivity contribution in [2.24, 2.45) is 0 Å². The molecule has 2 aromatic rings. The average Bonchev–Trinajstić information content (AvgIpc) is 2.57. The summed E-state index contributed by atoms with van der Waals surface area (Å²) < 4.78 is 5.35. The third kappa shape index (κ3) is 1.62. The van der Waals surface area contributed by atoms with E-state index in [2.05, 4.69) is 0 Å². The van der Waals surface area contributed by atoms with Gasteiger partial charge in [-0.15, -0.1) is 0 Å². The summed E-state index contributed by atoms with van der Waals surface area (Å²) in [6.07, 6.45) is 1.56. The van der Waals surface area contributed by atoms with Gasteiger partial charge in [0.15, 0.2) is 12.0 Å². The Balaban J connectivity index is 2.61. The Morgan fingerprint density at radius 1 is 1.56 bits per heavy atom. The number of hydrogen-bond donors (Lipinski definition) is 1. The fourth-order valence-corrected chi connectivity index (χ4v) is 1.69. The molecule has 0 aliphatic heterocycles. The Kier molecular flexibility index (Phi) is 2.55. The largest absolute Gasteiger partial charge is 0.451 e. The Bertz CT molecular complexity index is 610. The lowest BCUT2D eigenvalue weighted by atomic mass is 10.1. The molecule has 0 atom stereocenters. The zero-order chi connectivity index (χ0) is 11.7. The van der Waals surface area contributed by atoms with Gasteiger partial charge in [-0.3, -0.25) is 10.1 Å². The lowest BCUT2D eigenvalue weighted by Gasteiger charge is -1.92. The van der Waals surface area contributed by atoms with Gasteiger partial charge in [-0.05, 0) is 25.1 Å². The van der Waals surface area contributed by atoms with Gasteiger partial charge in [-0.2, -0.15) is 5.26 Å². The Hall–Kier alpha value is -1.99. The van der Waals surface area contributed by atoms with Crippen LogP contribution in [0.25, 0.3) is 11.0 Å². The Labute approximate surface area is 96.4 Å². The number of nitrogens with zero attached hydrogens (tertiary/aromatic N) is 1. The van der Waals surface area contributed by atoms with Crippen LogP contribution in [0.5, 0.6) is 0 Å². The third-order valence-electron chi connectivity index (χ3n) is 2.27. The molecule has 16 heavy (non-hydrogen) atoms. The minimum atomic E-state index is -0.549. The quantitative estimate of drug-likeness (QED) is 0.609. The summed E-state index contributed by atoms with van der Waals surface area (Å²) in [6.45, 7) is 1.74. The van der Waals surface area contributed by atoms with Crippen LogP contribution < -0.4 is 5.32 Å². The molecule has 0 saturated carbocycles. The molecule has 1 amide bonds. The van der Waals surface area contributed by atoms with Gasteiger partial charge in [0.05, 0.1) is 0 Å². The second-order valence-electron chi connectivity index (χ2n) is 3.26. The number of amides is 1. The molecule has 0 radical (unpaired) electrons. The van der Waals surface area contributed by atoms with Crippen molar-refractivity contribution in [1.29, 1.82) is 5.26 Å². The molecule has 1 heterocycles. The van der Waals surface area contributed by atoms with Crippen molar-refractivity contribution < 1.29 is 9.21 Å². The Morgan fingerprint density at radius 3 is 3.00 bits per heavy atom. The zero-order valence-corrected chi connectivity index (χ0v) is 9.13. The van der Waals surface area contributed by atoms with Crippen LogP contribution in [0.1, 0.15) is 16.1 Å². The lowest BCUT2D eigenvalue weighted by Crippen LogP contribution is -2.17. The lowest BCUT2D eigenvalue weighted by molar-refractivity contribution is 0.0947. The molecule has 0 saturated heterocycles. The standard InChI is InChI=1S/C11H7ClN2O2/c1-6-8-4-7(12)2-3-9(8)16-10(6)11(15)14-5-13/h2-4H,1H3,(H,14,15). The highest BCUT2D eigenvalue weighted by molar-refractivity contribution is 6.31. The highest BCUT2D eigenvalue weighted by atomic mass is 35.5. The molecule has 2 rings (SSSR count). The zero-order valence-electron chi connectivity index (χ0n) is 8.37. The molecule has 0 fully saturated rings. The van der Waals surface area contributed by atoms with Crippen molar-refractivity contribution in [2.45, 2.75) is 6.92 Å². The minimum absolute atomic E-state index is 0.138. The van der Waals surface area contributed by atoms with E-state index in [0.29, 0.717) is 16.2 Å². The average molecular weight is 235 g/mol. The number of carbonyl (C=O) groups excluding carboxylic acids is 1. The van der Waals surface area contributed by atoms with E-state index in [1.807, 2.05) is 5.32 Å². The summed E-state index contributed by atoms with van der Waals surface area (Å²) >= 11 is 5.85. The van der Waals surface area contributed by atoms with Gasteiger partial charge in [0.25, 0.3) is 5.91 Å². The van der Waals surface area contributed by atoms with Crippen LogP contribution in [0.2, 0.25) is 5.02 Å². The summed E-state index contributed by atoms with van der Waals surface area (Å²) in [4.78, 5) is 11.5. The van der Waals surface area contributed by atoms with Gasteiger partial charge in [0.1, 0.15) is 5.58 Å². The summed E-state index contributed by atoms with van der Waals surface area (Å²) in [5.74, 6) is -0.411. The van der Waals surface area contributed by atoms with Crippen molar-refractivity contribution in [2.75, 3.05) is 0 Å². The number of carbonyl (C=O) groups is 1. The van der Waals surface area contributed by atoms with Crippen LogP contribution in [0, 0.1) is 18.4 Å². The van der Waals surface area contributed by atoms with Crippen molar-refractivity contribution in [3.8, 4) is 6.19 Å². The predicted molar refractivity (Wildman–Crippen MR) is 59.0 cm³/mol. The molecule has 0 aliphatic rings. The highest BCUT2D eigenvalue weighted by Gasteiger charge is 2.17. The molecule has 4 nitrogen and oxygen atoms in total. The van der Waals surface area contributed by atoms with E-state index in [1.54, 1.807) is 31.3 Å². The molecule has 1 aromatic carbocycles. The molecule has 80 valence electrons. The van der Waals surface area contributed by atoms with Crippen LogP contribution >= 0.6 is 11.6 Å². The first-order valence-corrected chi connectivity index (χ1v) is 4.89. The van der Waals surface area contributed by atoms with Gasteiger partial charge < -0.3 is 4.42 Å². The normalized spacial score (nSPS) is 10.1. The van der Waals surface area contributed by atoms with Crippen molar-refractivity contribution >= 4 is 28.5 Å². The molecular formula is C11H7ClN2O2. The van der Waals surface area contributed by atoms with E-state index in [1.165, 1.54) is 0 Å². The SMILES string of the molecule is Cc1c(C(=O)NC#N)oc2ccc(Cl)cc12. The molecule has 1 aromatic heterocycles. The number of fused-ring (bicyclic) bond motifs is 1. The maximum atomic E-state index is 11.5. The number of nitriles is 1. The highest BCUT2D eigenvalue weighted by Crippen LogP contribution is 2.27. The second kappa shape index (κ2) is 3.87. The van der Waals surface area contributed by atoms with Crippen molar-refractivity contribution in [1.82, 2.24) is 5.32 Å². The Morgan fingerprint density at radius 2 is 2.31 bits per heavy atom. The van der Waals surface area contributed by atoms with Gasteiger partial charge in [0.2, 0.25) is 0 Å². The van der Waals surface area contributed by atoms with E-state index in [4.69, 9.17) is 21.3 Å². The summed E-state index contributed by atoms with van der Waals surface area (Å²) in [7, 11) is 0. The maximum absolute atomic E-state index is 11.5. The number of halogens is 1. The number of hydrogen-bond acceptors (Lipinski definition) is 3. The minimum Gasteiger partial charge on any atom is -0.451 e. The summed E-state index contributed by atoms with van der Waals surface area (Å²) in [6, 6.07) is 5.09. The maximum Gasteiger partial charge on any atom is 0.300 e. The molecular weight excluding hydrogens is 228 g/mol. The molecule has 5 heteroatoms. The molecule has 0 spiro atoms. The molecule has 0 unspecified atom stereocenters. The van der Waals surface area contributed by atoms with Crippen LogP contribution in [0.4, 0.5) is 0 Å². The van der Waals surface area contributed by atoms with E-state index in [9.17, 15) is 4.79 Å². The van der Waals surface area contributed by atoms with Crippen LogP contribution in [0.3, 0.4) is 0 Å². The first-order valence-electron chi connectivity index (χ1n) is 4.51. The number of rotatable bonds is 1. The fraction of sp³-hybridized carbons (Fsp3) is 0.0909. The number of aryl methyl sites for hydroxylation is 1. The molecule has 0 bridgehead atoms. The van der Waals surface area contributed by atoms with Crippen LogP contribution in [-0.4, -0.2) is 5.91 Å². The number of benzene rings is 1. The van der Waals surface area contributed by atoms with Crippen molar-refractivity contribution in [3.63, 3.8) is 0 Å². The van der Waals surface area contributed by atoms with Gasteiger partial charge >= 0.3 is 0 Å². The molecule has 1 N–H and O–H groups in total. The number of nitrogens with one attached hydrogen (secondary N) is 1. The predicted octanol–water partition coefficient (Wildman–Crippen LogP) is 2.61.